The van der Waals surface area contributed by atoms with Crippen LogP contribution in [-0.4, -0.2) is 100 Å². The maximum atomic E-state index is 12.7. The minimum absolute atomic E-state index is 0.0226. The predicted octanol–water partition coefficient (Wildman–Crippen LogP) is 6.30. The summed E-state index contributed by atoms with van der Waals surface area (Å²) in [6.07, 6.45) is 15.0. The molecule has 1 saturated heterocycles. The number of quaternary nitrogens is 1. The molecule has 0 aromatic heterocycles. The second-order valence-corrected chi connectivity index (χ2v) is 15.9. The Morgan fingerprint density at radius 3 is 1.98 bits per heavy atom. The number of phosphoric ester groups is 1. The number of hydroxylamine groups is 2. The summed E-state index contributed by atoms with van der Waals surface area (Å²) in [5.74, 6) is -0.999. The van der Waals surface area contributed by atoms with E-state index in [4.69, 9.17) is 28.1 Å². The lowest BCUT2D eigenvalue weighted by Crippen LogP contribution is -2.42. The number of nitrogens with zero attached hydrogens (tertiary/aromatic N) is 2. The van der Waals surface area contributed by atoms with Gasteiger partial charge in [0, 0.05) is 12.8 Å². The van der Waals surface area contributed by atoms with Crippen LogP contribution in [0.15, 0.2) is 0 Å². The Morgan fingerprint density at radius 1 is 0.872 bits per heavy atom. The van der Waals surface area contributed by atoms with Gasteiger partial charge in [0.05, 0.1) is 46.0 Å². The van der Waals surface area contributed by atoms with Crippen LogP contribution in [-0.2, 0) is 42.2 Å². The zero-order valence-corrected chi connectivity index (χ0v) is 31.5. The molecule has 0 aliphatic carbocycles. The average Bonchev–Trinajstić information content (AvgIpc) is 3.31. The molecule has 0 radical (unpaired) electrons. The van der Waals surface area contributed by atoms with Crippen LogP contribution in [0.3, 0.4) is 0 Å². The van der Waals surface area contributed by atoms with Crippen LogP contribution in [0, 0.1) is 0 Å². The Bertz CT molecular complexity index is 899. The lowest BCUT2D eigenvalue weighted by molar-refractivity contribution is -0.870. The molecule has 1 heterocycles. The highest BCUT2D eigenvalue weighted by molar-refractivity contribution is 7.45. The van der Waals surface area contributed by atoms with Crippen molar-refractivity contribution >= 4 is 19.8 Å². The van der Waals surface area contributed by atoms with Crippen LogP contribution in [0.25, 0.3) is 0 Å². The first-order valence-corrected chi connectivity index (χ1v) is 19.4. The highest BCUT2D eigenvalue weighted by Gasteiger charge is 2.35. The van der Waals surface area contributed by atoms with Crippen molar-refractivity contribution in [3.8, 4) is 0 Å². The number of unbranched alkanes of at least 4 members (excludes halogenated alkanes) is 12. The molecule has 0 saturated carbocycles. The second-order valence-electron chi connectivity index (χ2n) is 14.5. The number of ether oxygens (including phenoxy) is 3. The van der Waals surface area contributed by atoms with Crippen LogP contribution in [0.4, 0.5) is 0 Å². The normalized spacial score (nSPS) is 17.7. The molecule has 1 fully saturated rings. The third-order valence-corrected chi connectivity index (χ3v) is 9.01. The van der Waals surface area contributed by atoms with Gasteiger partial charge in [0.15, 0.2) is 6.10 Å². The third kappa shape index (κ3) is 23.8. The fourth-order valence-corrected chi connectivity index (χ4v) is 5.66. The number of carbonyl (C=O) groups excluding carboxylic acids is 2. The summed E-state index contributed by atoms with van der Waals surface area (Å²) in [6, 6.07) is 0. The summed E-state index contributed by atoms with van der Waals surface area (Å²) < 4.78 is 39.1. The maximum absolute atomic E-state index is 12.7. The monoisotopic (exact) mass is 694 g/mol. The number of rotatable bonds is 29. The minimum Gasteiger partial charge on any atom is -0.756 e. The fraction of sp³-hybridized carbons (Fsp3) is 0.941. The first-order valence-electron chi connectivity index (χ1n) is 17.9. The first-order chi connectivity index (χ1) is 22.1. The van der Waals surface area contributed by atoms with Crippen molar-refractivity contribution in [1.82, 2.24) is 5.06 Å². The molecular weight excluding hydrogens is 627 g/mol. The smallest absolute Gasteiger partial charge is 0.306 e. The maximum Gasteiger partial charge on any atom is 0.306 e. The van der Waals surface area contributed by atoms with Crippen molar-refractivity contribution in [3.05, 3.63) is 0 Å². The van der Waals surface area contributed by atoms with Crippen LogP contribution in [0.5, 0.6) is 0 Å². The van der Waals surface area contributed by atoms with Gasteiger partial charge in [-0.15, -0.1) is 0 Å². The van der Waals surface area contributed by atoms with E-state index in [0.717, 1.165) is 12.8 Å². The van der Waals surface area contributed by atoms with E-state index in [1.165, 1.54) is 64.2 Å². The topological polar surface area (TPSA) is 133 Å². The van der Waals surface area contributed by atoms with Gasteiger partial charge in [-0.2, -0.15) is 5.06 Å². The Balaban J connectivity index is 2.43. The van der Waals surface area contributed by atoms with Gasteiger partial charge in [0.2, 0.25) is 0 Å². The van der Waals surface area contributed by atoms with Gasteiger partial charge in [0.1, 0.15) is 26.5 Å². The first kappa shape index (κ1) is 43.9. The molecule has 0 aromatic rings. The zero-order valence-electron chi connectivity index (χ0n) is 30.6. The summed E-state index contributed by atoms with van der Waals surface area (Å²) in [4.78, 5) is 43.4. The van der Waals surface area contributed by atoms with Gasteiger partial charge in [-0.05, 0) is 33.6 Å². The zero-order chi connectivity index (χ0) is 35.2. The molecule has 13 heteroatoms. The SMILES string of the molecule is CCCCCCCCCCCCCCCC(=O)OC[C@H](COP(=O)([O-])OCC[N+](C)(C)C)OC(=O)CCC(C)ON1COCC1(C)C. The Hall–Kier alpha value is -1.11. The van der Waals surface area contributed by atoms with E-state index >= 15 is 0 Å². The Kier molecular flexibility index (Phi) is 22.5. The largest absolute Gasteiger partial charge is 0.756 e. The summed E-state index contributed by atoms with van der Waals surface area (Å²) in [5, 5.41) is 1.75. The number of likely N-dealkylation sites (N-methyl/N-ethyl adjacent to an activating group) is 1. The summed E-state index contributed by atoms with van der Waals surface area (Å²) in [6.45, 7) is 8.56. The number of esters is 2. The molecule has 47 heavy (non-hydrogen) atoms. The molecule has 1 aliphatic heterocycles. The number of hydrogen-bond acceptors (Lipinski definition) is 11. The number of phosphoric acid groups is 1. The van der Waals surface area contributed by atoms with Crippen LogP contribution in [0.2, 0.25) is 0 Å². The van der Waals surface area contributed by atoms with Crippen molar-refractivity contribution in [3.63, 3.8) is 0 Å². The van der Waals surface area contributed by atoms with Crippen LogP contribution >= 0.6 is 7.82 Å². The third-order valence-electron chi connectivity index (χ3n) is 8.04. The standard InChI is InChI=1S/C34H67N2O10P/c1-8-9-10-11-12-13-14-15-16-17-18-19-20-21-32(37)42-26-31(27-44-47(39,40)43-25-24-36(5,6)7)45-33(38)23-22-30(2)46-35-29-41-28-34(35,3)4/h30-31H,8-29H2,1-7H3/t30?,31-/m1/s1. The highest BCUT2D eigenvalue weighted by Crippen LogP contribution is 2.38. The fourth-order valence-electron chi connectivity index (χ4n) is 4.93. The van der Waals surface area contributed by atoms with E-state index in [9.17, 15) is 19.0 Å². The van der Waals surface area contributed by atoms with Gasteiger partial charge in [-0.1, -0.05) is 84.0 Å². The quantitative estimate of drug-likeness (QED) is 0.0378. The predicted molar refractivity (Wildman–Crippen MR) is 180 cm³/mol. The van der Waals surface area contributed by atoms with E-state index in [2.05, 4.69) is 6.92 Å². The molecule has 1 aliphatic rings. The average molecular weight is 695 g/mol. The second kappa shape index (κ2) is 24.1. The Morgan fingerprint density at radius 2 is 1.45 bits per heavy atom. The molecule has 12 nitrogen and oxygen atoms in total. The molecular formula is C34H67N2O10P. The molecule has 0 bridgehead atoms. The van der Waals surface area contributed by atoms with Crippen molar-refractivity contribution in [2.75, 3.05) is 60.8 Å². The molecule has 0 spiro atoms. The van der Waals surface area contributed by atoms with Gasteiger partial charge in [-0.25, -0.2) is 0 Å². The van der Waals surface area contributed by atoms with Gasteiger partial charge < -0.3 is 32.6 Å². The van der Waals surface area contributed by atoms with Crippen molar-refractivity contribution in [2.24, 2.45) is 0 Å². The van der Waals surface area contributed by atoms with E-state index in [1.807, 2.05) is 41.9 Å². The molecule has 3 atom stereocenters. The lowest BCUT2D eigenvalue weighted by atomic mass is 10.0. The number of carbonyl (C=O) groups is 2. The van der Waals surface area contributed by atoms with E-state index < -0.39 is 32.5 Å². The van der Waals surface area contributed by atoms with Crippen molar-refractivity contribution in [1.29, 1.82) is 0 Å². The number of hydrogen-bond donors (Lipinski definition) is 0. The van der Waals surface area contributed by atoms with Gasteiger partial charge in [0.25, 0.3) is 7.82 Å². The summed E-state index contributed by atoms with van der Waals surface area (Å²) in [5.41, 5.74) is -0.270. The highest BCUT2D eigenvalue weighted by atomic mass is 31.2. The van der Waals surface area contributed by atoms with Crippen molar-refractivity contribution < 1.29 is 51.6 Å². The molecule has 0 aromatic carbocycles. The Labute approximate surface area is 285 Å². The molecule has 1 rings (SSSR count). The molecule has 0 amide bonds. The van der Waals surface area contributed by atoms with E-state index in [1.54, 1.807) is 5.06 Å². The van der Waals surface area contributed by atoms with E-state index in [-0.39, 0.29) is 37.7 Å². The van der Waals surface area contributed by atoms with Gasteiger partial charge >= 0.3 is 11.9 Å². The molecule has 278 valence electrons. The molecule has 2 unspecified atom stereocenters. The van der Waals surface area contributed by atoms with E-state index in [0.29, 0.717) is 37.2 Å². The lowest BCUT2D eigenvalue weighted by Gasteiger charge is -2.30. The van der Waals surface area contributed by atoms with Crippen LogP contribution < -0.4 is 4.89 Å². The van der Waals surface area contributed by atoms with Crippen LogP contribution in [0.1, 0.15) is 130 Å². The minimum atomic E-state index is -4.66. The summed E-state index contributed by atoms with van der Waals surface area (Å²) in [7, 11) is 1.07. The van der Waals surface area contributed by atoms with Crippen molar-refractivity contribution in [2.45, 2.75) is 148 Å². The summed E-state index contributed by atoms with van der Waals surface area (Å²) >= 11 is 0. The van der Waals surface area contributed by atoms with Gasteiger partial charge in [-0.3, -0.25) is 19.0 Å². The molecule has 0 N–H and O–H groups in total.